The van der Waals surface area contributed by atoms with Gasteiger partial charge in [-0.3, -0.25) is 4.79 Å². The maximum Gasteiger partial charge on any atom is 0.308 e. The molecule has 1 rings (SSSR count). The van der Waals surface area contributed by atoms with Crippen LogP contribution in [0.4, 0.5) is 0 Å². The lowest BCUT2D eigenvalue weighted by molar-refractivity contribution is -0.141. The molecule has 10 heavy (non-hydrogen) atoms. The Labute approximate surface area is 60.2 Å². The number of carboxylic acids is 1. The van der Waals surface area contributed by atoms with Gasteiger partial charge in [-0.15, -0.1) is 0 Å². The third kappa shape index (κ3) is 1.29. The molecular weight excluding hydrogens is 130 g/mol. The summed E-state index contributed by atoms with van der Waals surface area (Å²) in [4.78, 5) is 10.5. The Bertz CT molecular complexity index is 147. The highest BCUT2D eigenvalue weighted by Crippen LogP contribution is 2.29. The Morgan fingerprint density at radius 3 is 2.40 bits per heavy atom. The molecule has 58 valence electrons. The summed E-state index contributed by atoms with van der Waals surface area (Å²) >= 11 is 0. The molecule has 0 aromatic carbocycles. The van der Waals surface area contributed by atoms with Gasteiger partial charge in [0.25, 0.3) is 0 Å². The van der Waals surface area contributed by atoms with Crippen LogP contribution in [0, 0.1) is 11.8 Å². The van der Waals surface area contributed by atoms with Crippen molar-refractivity contribution in [2.24, 2.45) is 17.6 Å². The van der Waals surface area contributed by atoms with Gasteiger partial charge in [-0.05, 0) is 18.8 Å². The number of hydrogen-bond acceptors (Lipinski definition) is 2. The van der Waals surface area contributed by atoms with Gasteiger partial charge in [-0.25, -0.2) is 0 Å². The summed E-state index contributed by atoms with van der Waals surface area (Å²) in [5.74, 6) is -0.553. The molecule has 3 N–H and O–H groups in total. The van der Waals surface area contributed by atoms with E-state index in [9.17, 15) is 4.79 Å². The van der Waals surface area contributed by atoms with Gasteiger partial charge in [0.2, 0.25) is 0 Å². The fourth-order valence-corrected chi connectivity index (χ4v) is 1.62. The van der Waals surface area contributed by atoms with Crippen molar-refractivity contribution < 1.29 is 9.90 Å². The Morgan fingerprint density at radius 2 is 2.20 bits per heavy atom. The van der Waals surface area contributed by atoms with Crippen LogP contribution in [0.2, 0.25) is 0 Å². The third-order valence-electron chi connectivity index (χ3n) is 2.16. The quantitative estimate of drug-likeness (QED) is 0.560. The first kappa shape index (κ1) is 7.54. The molecule has 0 amide bonds. The highest BCUT2D eigenvalue weighted by atomic mass is 16.4. The molecule has 0 saturated heterocycles. The minimum Gasteiger partial charge on any atom is -0.481 e. The highest BCUT2D eigenvalue weighted by molar-refractivity contribution is 5.71. The van der Waals surface area contributed by atoms with Crippen LogP contribution in [0.25, 0.3) is 0 Å². The molecule has 0 spiro atoms. The van der Waals surface area contributed by atoms with Gasteiger partial charge < -0.3 is 10.8 Å². The minimum absolute atomic E-state index is 0.118. The third-order valence-corrected chi connectivity index (χ3v) is 2.16. The topological polar surface area (TPSA) is 63.3 Å². The number of carboxylic acid groups (broad SMARTS) is 1. The fraction of sp³-hybridized carbons (Fsp3) is 0.857. The van der Waals surface area contributed by atoms with Crippen LogP contribution < -0.4 is 5.73 Å². The minimum atomic E-state index is -0.739. The van der Waals surface area contributed by atoms with Gasteiger partial charge in [0, 0.05) is 6.04 Å². The zero-order chi connectivity index (χ0) is 7.72. The van der Waals surface area contributed by atoms with E-state index in [0.717, 1.165) is 12.8 Å². The number of nitrogens with two attached hydrogens (primary N) is 1. The van der Waals surface area contributed by atoms with Gasteiger partial charge in [-0.2, -0.15) is 0 Å². The van der Waals surface area contributed by atoms with E-state index >= 15 is 0 Å². The summed E-state index contributed by atoms with van der Waals surface area (Å²) in [7, 11) is 0. The maximum absolute atomic E-state index is 10.5. The van der Waals surface area contributed by atoms with Crippen molar-refractivity contribution >= 4 is 5.97 Å². The average molecular weight is 143 g/mol. The van der Waals surface area contributed by atoms with Gasteiger partial charge >= 0.3 is 5.97 Å². The van der Waals surface area contributed by atoms with Crippen molar-refractivity contribution in [1.29, 1.82) is 0 Å². The van der Waals surface area contributed by atoms with Crippen molar-refractivity contribution in [3.63, 3.8) is 0 Å². The smallest absolute Gasteiger partial charge is 0.308 e. The van der Waals surface area contributed by atoms with E-state index in [-0.39, 0.29) is 12.0 Å². The fourth-order valence-electron chi connectivity index (χ4n) is 1.62. The van der Waals surface area contributed by atoms with Gasteiger partial charge in [0.1, 0.15) is 0 Å². The summed E-state index contributed by atoms with van der Waals surface area (Å²) in [6.07, 6.45) is 1.60. The second-order valence-corrected chi connectivity index (χ2v) is 3.19. The van der Waals surface area contributed by atoms with E-state index in [4.69, 9.17) is 10.8 Å². The van der Waals surface area contributed by atoms with Crippen LogP contribution in [0.3, 0.4) is 0 Å². The number of carbonyl (C=O) groups is 1. The number of aliphatic carboxylic acids is 1. The lowest BCUT2D eigenvalue weighted by atomic mass is 10.1. The summed E-state index contributed by atoms with van der Waals surface area (Å²) in [6, 6.07) is -0.118. The SMILES string of the molecule is CC1C[C@@H](N)[C@@H](C(=O)O)C1. The lowest BCUT2D eigenvalue weighted by Gasteiger charge is -2.07. The average Bonchev–Trinajstić information content (AvgIpc) is 2.10. The molecule has 1 aliphatic rings. The Hall–Kier alpha value is -0.570. The lowest BCUT2D eigenvalue weighted by Crippen LogP contribution is -2.30. The first-order chi connectivity index (χ1) is 4.61. The predicted octanol–water partition coefficient (Wildman–Crippen LogP) is 0.444. The van der Waals surface area contributed by atoms with Crippen molar-refractivity contribution in [1.82, 2.24) is 0 Å². The molecule has 1 aliphatic carbocycles. The van der Waals surface area contributed by atoms with Crippen molar-refractivity contribution in [2.45, 2.75) is 25.8 Å². The van der Waals surface area contributed by atoms with Gasteiger partial charge in [-0.1, -0.05) is 6.92 Å². The van der Waals surface area contributed by atoms with Gasteiger partial charge in [0.05, 0.1) is 5.92 Å². The zero-order valence-corrected chi connectivity index (χ0v) is 6.08. The Morgan fingerprint density at radius 1 is 1.60 bits per heavy atom. The molecule has 3 heteroatoms. The van der Waals surface area contributed by atoms with Crippen LogP contribution >= 0.6 is 0 Å². The van der Waals surface area contributed by atoms with E-state index in [1.54, 1.807) is 0 Å². The molecule has 0 bridgehead atoms. The first-order valence-corrected chi connectivity index (χ1v) is 3.59. The van der Waals surface area contributed by atoms with Crippen molar-refractivity contribution in [3.05, 3.63) is 0 Å². The summed E-state index contributed by atoms with van der Waals surface area (Å²) < 4.78 is 0. The second-order valence-electron chi connectivity index (χ2n) is 3.19. The van der Waals surface area contributed by atoms with E-state index in [2.05, 4.69) is 0 Å². The number of rotatable bonds is 1. The largest absolute Gasteiger partial charge is 0.481 e. The zero-order valence-electron chi connectivity index (χ0n) is 6.08. The van der Waals surface area contributed by atoms with Crippen LogP contribution in [-0.2, 0) is 4.79 Å². The number of hydrogen-bond donors (Lipinski definition) is 2. The van der Waals surface area contributed by atoms with Crippen LogP contribution in [0.15, 0.2) is 0 Å². The summed E-state index contributed by atoms with van der Waals surface area (Å²) in [6.45, 7) is 2.04. The van der Waals surface area contributed by atoms with Crippen LogP contribution in [0.1, 0.15) is 19.8 Å². The molecule has 0 aromatic heterocycles. The summed E-state index contributed by atoms with van der Waals surface area (Å²) in [5, 5.41) is 8.62. The van der Waals surface area contributed by atoms with Crippen molar-refractivity contribution in [3.8, 4) is 0 Å². The van der Waals surface area contributed by atoms with E-state index in [0.29, 0.717) is 5.92 Å². The molecule has 0 radical (unpaired) electrons. The van der Waals surface area contributed by atoms with E-state index in [1.807, 2.05) is 6.92 Å². The molecule has 0 heterocycles. The van der Waals surface area contributed by atoms with Crippen LogP contribution in [-0.4, -0.2) is 17.1 Å². The van der Waals surface area contributed by atoms with E-state index < -0.39 is 5.97 Å². The molecule has 1 saturated carbocycles. The van der Waals surface area contributed by atoms with Crippen molar-refractivity contribution in [2.75, 3.05) is 0 Å². The normalized spacial score (nSPS) is 40.0. The molecular formula is C7H13NO2. The molecule has 3 nitrogen and oxygen atoms in total. The Kier molecular flexibility index (Phi) is 1.94. The second kappa shape index (κ2) is 2.58. The molecule has 1 unspecified atom stereocenters. The molecule has 0 aliphatic heterocycles. The predicted molar refractivity (Wildman–Crippen MR) is 37.5 cm³/mol. The van der Waals surface area contributed by atoms with E-state index in [1.165, 1.54) is 0 Å². The maximum atomic E-state index is 10.5. The summed E-state index contributed by atoms with van der Waals surface area (Å²) in [5.41, 5.74) is 5.59. The standard InChI is InChI=1S/C7H13NO2/c1-4-2-5(7(9)10)6(8)3-4/h4-6H,2-3,8H2,1H3,(H,9,10)/t4?,5-,6+/m0/s1. The highest BCUT2D eigenvalue weighted by Gasteiger charge is 2.34. The monoisotopic (exact) mass is 143 g/mol. The van der Waals surface area contributed by atoms with Crippen LogP contribution in [0.5, 0.6) is 0 Å². The molecule has 3 atom stereocenters. The van der Waals surface area contributed by atoms with Gasteiger partial charge in [0.15, 0.2) is 0 Å². The molecule has 0 aromatic rings. The molecule has 1 fully saturated rings. The Balaban J connectivity index is 2.54. The first-order valence-electron chi connectivity index (χ1n) is 3.59.